The lowest BCUT2D eigenvalue weighted by molar-refractivity contribution is 0.188. The average molecular weight is 436 g/mol. The van der Waals surface area contributed by atoms with Gasteiger partial charge in [0.1, 0.15) is 0 Å². The summed E-state index contributed by atoms with van der Waals surface area (Å²) >= 11 is 12.2. The summed E-state index contributed by atoms with van der Waals surface area (Å²) in [4.78, 5) is 13.3. The highest BCUT2D eigenvalue weighted by Crippen LogP contribution is 2.43. The fourth-order valence-electron chi connectivity index (χ4n) is 4.37. The number of hydrazone groups is 1. The van der Waals surface area contributed by atoms with E-state index in [0.717, 1.165) is 29.7 Å². The Morgan fingerprint density at radius 1 is 0.967 bits per heavy atom. The Morgan fingerprint density at radius 2 is 1.77 bits per heavy atom. The molecule has 150 valence electrons. The molecular weight excluding hydrogens is 417 g/mol. The van der Waals surface area contributed by atoms with Gasteiger partial charge in [-0.25, -0.2) is 9.80 Å². The first-order valence-corrected chi connectivity index (χ1v) is 10.6. The number of benzene rings is 3. The molecule has 1 N–H and O–H groups in total. The van der Waals surface area contributed by atoms with Crippen LogP contribution in [0.3, 0.4) is 0 Å². The van der Waals surface area contributed by atoms with Crippen molar-refractivity contribution in [2.75, 3.05) is 5.32 Å². The van der Waals surface area contributed by atoms with Crippen LogP contribution in [0.2, 0.25) is 10.0 Å². The Morgan fingerprint density at radius 3 is 2.57 bits per heavy atom. The highest BCUT2D eigenvalue weighted by atomic mass is 35.5. The number of halogens is 2. The number of hydrogen-bond acceptors (Lipinski definition) is 2. The van der Waals surface area contributed by atoms with E-state index in [1.807, 2.05) is 36.4 Å². The number of nitrogens with one attached hydrogen (secondary N) is 1. The van der Waals surface area contributed by atoms with Crippen molar-refractivity contribution in [1.82, 2.24) is 5.01 Å². The monoisotopic (exact) mass is 435 g/mol. The van der Waals surface area contributed by atoms with Gasteiger partial charge in [-0.15, -0.1) is 0 Å². The third-order valence-electron chi connectivity index (χ3n) is 5.72. The number of rotatable bonds is 2. The van der Waals surface area contributed by atoms with Gasteiger partial charge >= 0.3 is 6.03 Å². The maximum atomic E-state index is 13.3. The molecule has 0 radical (unpaired) electrons. The van der Waals surface area contributed by atoms with E-state index in [1.54, 1.807) is 23.2 Å². The van der Waals surface area contributed by atoms with E-state index in [9.17, 15) is 4.79 Å². The lowest BCUT2D eigenvalue weighted by Gasteiger charge is -2.29. The minimum Gasteiger partial charge on any atom is -0.306 e. The topological polar surface area (TPSA) is 44.7 Å². The number of carbonyl (C=O) groups excluding carboxylic acids is 1. The lowest BCUT2D eigenvalue weighted by Crippen LogP contribution is -2.34. The maximum Gasteiger partial charge on any atom is 0.342 e. The fraction of sp³-hybridized carbons (Fsp3) is 0.167. The molecule has 0 bridgehead atoms. The predicted molar refractivity (Wildman–Crippen MR) is 121 cm³/mol. The summed E-state index contributed by atoms with van der Waals surface area (Å²) in [6.07, 6.45) is 1.90. The Hall–Kier alpha value is -2.82. The minimum atomic E-state index is -0.281. The Balaban J connectivity index is 1.54. The van der Waals surface area contributed by atoms with Gasteiger partial charge in [-0.1, -0.05) is 65.7 Å². The molecule has 6 heteroatoms. The summed E-state index contributed by atoms with van der Waals surface area (Å²) in [6.45, 7) is 0. The third-order valence-corrected chi connectivity index (χ3v) is 6.21. The van der Waals surface area contributed by atoms with Gasteiger partial charge in [0, 0.05) is 27.2 Å². The summed E-state index contributed by atoms with van der Waals surface area (Å²) in [5.74, 6) is 0.131. The molecule has 2 amide bonds. The van der Waals surface area contributed by atoms with Crippen molar-refractivity contribution in [3.8, 4) is 0 Å². The maximum absolute atomic E-state index is 13.3. The summed E-state index contributed by atoms with van der Waals surface area (Å²) < 4.78 is 0. The van der Waals surface area contributed by atoms with Crippen LogP contribution in [0.1, 0.15) is 29.2 Å². The van der Waals surface area contributed by atoms with Gasteiger partial charge in [-0.05, 0) is 54.3 Å². The highest BCUT2D eigenvalue weighted by molar-refractivity contribution is 6.31. The number of nitrogens with zero attached hydrogens (tertiary/aromatic N) is 2. The molecule has 3 aromatic carbocycles. The van der Waals surface area contributed by atoms with Gasteiger partial charge in [0.2, 0.25) is 0 Å². The molecule has 4 nitrogen and oxygen atoms in total. The Bertz CT molecular complexity index is 1140. The first-order valence-electron chi connectivity index (χ1n) is 9.88. The number of anilines is 1. The van der Waals surface area contributed by atoms with Gasteiger partial charge < -0.3 is 5.32 Å². The molecule has 0 spiro atoms. The number of carbonyl (C=O) groups is 1. The van der Waals surface area contributed by atoms with Crippen molar-refractivity contribution in [3.63, 3.8) is 0 Å². The fourth-order valence-corrected chi connectivity index (χ4v) is 4.69. The number of amides is 2. The van der Waals surface area contributed by atoms with Crippen molar-refractivity contribution >= 4 is 40.6 Å². The van der Waals surface area contributed by atoms with Gasteiger partial charge in [0.15, 0.2) is 0 Å². The largest absolute Gasteiger partial charge is 0.342 e. The first-order chi connectivity index (χ1) is 14.6. The molecule has 0 aromatic heterocycles. The van der Waals surface area contributed by atoms with E-state index in [2.05, 4.69) is 23.5 Å². The second-order valence-electron chi connectivity index (χ2n) is 7.57. The zero-order valence-corrected chi connectivity index (χ0v) is 17.6. The van der Waals surface area contributed by atoms with Gasteiger partial charge in [0.05, 0.1) is 11.8 Å². The molecule has 1 aliphatic carbocycles. The number of aryl methyl sites for hydroxylation is 1. The van der Waals surface area contributed by atoms with Crippen LogP contribution >= 0.6 is 23.2 Å². The summed E-state index contributed by atoms with van der Waals surface area (Å²) in [5, 5.41) is 10.6. The predicted octanol–water partition coefficient (Wildman–Crippen LogP) is 6.55. The van der Waals surface area contributed by atoms with Crippen LogP contribution in [-0.4, -0.2) is 16.8 Å². The third kappa shape index (κ3) is 3.47. The molecule has 1 heterocycles. The van der Waals surface area contributed by atoms with Crippen LogP contribution in [0.15, 0.2) is 77.9 Å². The molecule has 0 saturated carbocycles. The molecule has 1 aliphatic heterocycles. The van der Waals surface area contributed by atoms with Crippen LogP contribution in [0.25, 0.3) is 0 Å². The van der Waals surface area contributed by atoms with Crippen molar-refractivity contribution in [2.45, 2.75) is 18.9 Å². The van der Waals surface area contributed by atoms with Gasteiger partial charge in [-0.3, -0.25) is 0 Å². The number of urea groups is 1. The zero-order valence-electron chi connectivity index (χ0n) is 16.1. The molecule has 5 rings (SSSR count). The molecule has 3 aromatic rings. The number of hydrogen-bond donors (Lipinski definition) is 1. The average Bonchev–Trinajstić information content (AvgIpc) is 3.15. The molecule has 0 fully saturated rings. The zero-order chi connectivity index (χ0) is 20.7. The SMILES string of the molecule is O=C(Nc1cccc(Cl)c1)N1N=C2c3ccccc3CC[C@H]2[C@H]1c1ccc(Cl)cc1. The van der Waals surface area contributed by atoms with E-state index in [4.69, 9.17) is 28.3 Å². The molecule has 2 aliphatic rings. The van der Waals surface area contributed by atoms with Gasteiger partial charge in [-0.2, -0.15) is 5.10 Å². The molecule has 0 saturated heterocycles. The van der Waals surface area contributed by atoms with E-state index in [0.29, 0.717) is 15.7 Å². The van der Waals surface area contributed by atoms with Crippen LogP contribution < -0.4 is 5.32 Å². The Labute approximate surface area is 185 Å². The van der Waals surface area contributed by atoms with Crippen LogP contribution in [0.5, 0.6) is 0 Å². The first kappa shape index (κ1) is 19.2. The lowest BCUT2D eigenvalue weighted by atomic mass is 9.77. The number of fused-ring (bicyclic) bond motifs is 3. The highest BCUT2D eigenvalue weighted by Gasteiger charge is 2.43. The molecule has 30 heavy (non-hydrogen) atoms. The van der Waals surface area contributed by atoms with E-state index in [1.165, 1.54) is 5.56 Å². The van der Waals surface area contributed by atoms with E-state index >= 15 is 0 Å². The van der Waals surface area contributed by atoms with Crippen molar-refractivity contribution in [1.29, 1.82) is 0 Å². The summed E-state index contributed by atoms with van der Waals surface area (Å²) in [5.41, 5.74) is 5.03. The standard InChI is InChI=1S/C24H19Cl2N3O/c25-17-11-8-16(9-12-17)23-21-13-10-15-4-1-2-7-20(15)22(21)28-29(23)24(30)27-19-6-3-5-18(26)14-19/h1-9,11-12,14,21,23H,10,13H2,(H,27,30)/t21-,23-/m1/s1. The Kier molecular flexibility index (Phi) is 4.97. The van der Waals surface area contributed by atoms with Crippen molar-refractivity contribution < 1.29 is 4.79 Å². The van der Waals surface area contributed by atoms with E-state index < -0.39 is 0 Å². The van der Waals surface area contributed by atoms with E-state index in [-0.39, 0.29) is 18.0 Å². The minimum absolute atomic E-state index is 0.131. The smallest absolute Gasteiger partial charge is 0.306 e. The molecule has 0 unspecified atom stereocenters. The van der Waals surface area contributed by atoms with Crippen molar-refractivity contribution in [2.24, 2.45) is 11.0 Å². The summed E-state index contributed by atoms with van der Waals surface area (Å²) in [6, 6.07) is 22.6. The van der Waals surface area contributed by atoms with Crippen molar-refractivity contribution in [3.05, 3.63) is 99.5 Å². The second-order valence-corrected chi connectivity index (χ2v) is 8.44. The molecular formula is C24H19Cl2N3O. The second kappa shape index (κ2) is 7.78. The van der Waals surface area contributed by atoms with Gasteiger partial charge in [0.25, 0.3) is 0 Å². The summed E-state index contributed by atoms with van der Waals surface area (Å²) in [7, 11) is 0. The van der Waals surface area contributed by atoms with Crippen LogP contribution in [-0.2, 0) is 6.42 Å². The van der Waals surface area contributed by atoms with Crippen LogP contribution in [0, 0.1) is 5.92 Å². The quantitative estimate of drug-likeness (QED) is 0.487. The van der Waals surface area contributed by atoms with Crippen LogP contribution in [0.4, 0.5) is 10.5 Å². The normalized spacial score (nSPS) is 19.7. The molecule has 2 atom stereocenters.